The Bertz CT molecular complexity index is 1180. The van der Waals surface area contributed by atoms with E-state index < -0.39 is 12.1 Å². The number of nitrogens with zero attached hydrogens (tertiary/aromatic N) is 2. The SMILES string of the molecule is CC(=O)Oc1ccc(-c2ccc(C(=O)OC(C)c3nnc(-c4cccs4)o3)cc2)cc1. The molecule has 0 spiro atoms. The minimum absolute atomic E-state index is 0.237. The molecule has 0 bridgehead atoms. The van der Waals surface area contributed by atoms with Crippen LogP contribution in [0.5, 0.6) is 5.75 Å². The highest BCUT2D eigenvalue weighted by Gasteiger charge is 2.20. The number of esters is 2. The van der Waals surface area contributed by atoms with Gasteiger partial charge >= 0.3 is 11.9 Å². The molecule has 4 rings (SSSR count). The molecule has 7 nitrogen and oxygen atoms in total. The Morgan fingerprint density at radius 3 is 2.26 bits per heavy atom. The van der Waals surface area contributed by atoms with Crippen LogP contribution in [0, 0.1) is 0 Å². The Balaban J connectivity index is 1.40. The molecule has 31 heavy (non-hydrogen) atoms. The third-order valence-corrected chi connectivity index (χ3v) is 5.23. The number of aromatic nitrogens is 2. The lowest BCUT2D eigenvalue weighted by Crippen LogP contribution is -2.09. The molecular weight excluding hydrogens is 416 g/mol. The molecule has 2 heterocycles. The van der Waals surface area contributed by atoms with Gasteiger partial charge < -0.3 is 13.9 Å². The maximum atomic E-state index is 12.5. The maximum absolute atomic E-state index is 12.5. The van der Waals surface area contributed by atoms with E-state index in [9.17, 15) is 9.59 Å². The molecule has 1 atom stereocenters. The van der Waals surface area contributed by atoms with Crippen LogP contribution < -0.4 is 4.74 Å². The highest BCUT2D eigenvalue weighted by Crippen LogP contribution is 2.27. The van der Waals surface area contributed by atoms with E-state index in [4.69, 9.17) is 13.9 Å². The number of ether oxygens (including phenoxy) is 2. The van der Waals surface area contributed by atoms with Gasteiger partial charge in [0.25, 0.3) is 11.8 Å². The third kappa shape index (κ3) is 4.87. The molecule has 2 aromatic carbocycles. The summed E-state index contributed by atoms with van der Waals surface area (Å²) in [5.74, 6) is 0.264. The highest BCUT2D eigenvalue weighted by molar-refractivity contribution is 7.13. The van der Waals surface area contributed by atoms with E-state index in [2.05, 4.69) is 10.2 Å². The molecule has 4 aromatic rings. The summed E-state index contributed by atoms with van der Waals surface area (Å²) in [5, 5.41) is 9.90. The molecular formula is C23H18N2O5S. The monoisotopic (exact) mass is 434 g/mol. The largest absolute Gasteiger partial charge is 0.449 e. The van der Waals surface area contributed by atoms with E-state index in [1.54, 1.807) is 31.2 Å². The van der Waals surface area contributed by atoms with Crippen molar-refractivity contribution in [1.82, 2.24) is 10.2 Å². The van der Waals surface area contributed by atoms with E-state index in [1.165, 1.54) is 18.3 Å². The first kappa shape index (κ1) is 20.5. The molecule has 0 saturated carbocycles. The van der Waals surface area contributed by atoms with E-state index in [1.807, 2.05) is 41.8 Å². The van der Waals surface area contributed by atoms with Gasteiger partial charge in [0, 0.05) is 6.92 Å². The number of benzene rings is 2. The van der Waals surface area contributed by atoms with Crippen molar-refractivity contribution in [2.24, 2.45) is 0 Å². The quantitative estimate of drug-likeness (QED) is 0.300. The van der Waals surface area contributed by atoms with Crippen LogP contribution in [0.1, 0.15) is 36.2 Å². The summed E-state index contributed by atoms with van der Waals surface area (Å²) in [6, 6.07) is 17.9. The summed E-state index contributed by atoms with van der Waals surface area (Å²) in [4.78, 5) is 24.4. The fourth-order valence-corrected chi connectivity index (χ4v) is 3.50. The lowest BCUT2D eigenvalue weighted by Gasteiger charge is -2.10. The molecule has 0 aliphatic rings. The van der Waals surface area contributed by atoms with Crippen molar-refractivity contribution in [3.05, 3.63) is 77.5 Å². The van der Waals surface area contributed by atoms with E-state index in [0.29, 0.717) is 17.2 Å². The average molecular weight is 434 g/mol. The molecule has 8 heteroatoms. The molecule has 0 aliphatic carbocycles. The first-order valence-corrected chi connectivity index (χ1v) is 10.3. The van der Waals surface area contributed by atoms with Crippen molar-refractivity contribution in [3.63, 3.8) is 0 Å². The van der Waals surface area contributed by atoms with Crippen LogP contribution in [-0.2, 0) is 9.53 Å². The van der Waals surface area contributed by atoms with Crippen molar-refractivity contribution in [2.75, 3.05) is 0 Å². The fourth-order valence-electron chi connectivity index (χ4n) is 2.86. The Morgan fingerprint density at radius 1 is 0.968 bits per heavy atom. The number of rotatable bonds is 6. The fraction of sp³-hybridized carbons (Fsp3) is 0.130. The van der Waals surface area contributed by atoms with E-state index in [0.717, 1.165) is 16.0 Å². The minimum atomic E-state index is -0.679. The highest BCUT2D eigenvalue weighted by atomic mass is 32.1. The summed E-state index contributed by atoms with van der Waals surface area (Å²) in [6.07, 6.45) is -0.679. The van der Waals surface area contributed by atoms with Crippen LogP contribution in [0.2, 0.25) is 0 Å². The van der Waals surface area contributed by atoms with Crippen LogP contribution in [-0.4, -0.2) is 22.1 Å². The van der Waals surface area contributed by atoms with Gasteiger partial charge in [-0.1, -0.05) is 30.3 Å². The van der Waals surface area contributed by atoms with Crippen LogP contribution in [0.15, 0.2) is 70.5 Å². The van der Waals surface area contributed by atoms with Crippen LogP contribution in [0.25, 0.3) is 21.9 Å². The van der Waals surface area contributed by atoms with Gasteiger partial charge in [0.05, 0.1) is 10.4 Å². The van der Waals surface area contributed by atoms with Gasteiger partial charge in [-0.25, -0.2) is 4.79 Å². The van der Waals surface area contributed by atoms with Crippen LogP contribution >= 0.6 is 11.3 Å². The molecule has 0 radical (unpaired) electrons. The van der Waals surface area contributed by atoms with E-state index >= 15 is 0 Å². The number of carbonyl (C=O) groups excluding carboxylic acids is 2. The van der Waals surface area contributed by atoms with Gasteiger partial charge in [-0.05, 0) is 53.8 Å². The third-order valence-electron chi connectivity index (χ3n) is 4.37. The standard InChI is InChI=1S/C23H18N2O5S/c1-14(21-24-25-22(30-21)20-4-3-13-31-20)28-23(27)18-7-5-16(6-8-18)17-9-11-19(12-10-17)29-15(2)26/h3-14H,1-2H3. The minimum Gasteiger partial charge on any atom is -0.449 e. The second-order valence-corrected chi connectivity index (χ2v) is 7.61. The zero-order valence-electron chi connectivity index (χ0n) is 16.8. The second kappa shape index (κ2) is 8.93. The zero-order valence-corrected chi connectivity index (χ0v) is 17.6. The van der Waals surface area contributed by atoms with Gasteiger partial charge in [-0.2, -0.15) is 0 Å². The van der Waals surface area contributed by atoms with Gasteiger partial charge in [0.2, 0.25) is 0 Å². The molecule has 0 saturated heterocycles. The summed E-state index contributed by atoms with van der Waals surface area (Å²) in [7, 11) is 0. The molecule has 2 aromatic heterocycles. The molecule has 0 amide bonds. The maximum Gasteiger partial charge on any atom is 0.338 e. The van der Waals surface area contributed by atoms with Crippen molar-refractivity contribution < 1.29 is 23.5 Å². The molecule has 156 valence electrons. The molecule has 1 unspecified atom stereocenters. The summed E-state index contributed by atoms with van der Waals surface area (Å²) in [6.45, 7) is 3.04. The number of hydrogen-bond acceptors (Lipinski definition) is 8. The lowest BCUT2D eigenvalue weighted by molar-refractivity contribution is -0.131. The zero-order chi connectivity index (χ0) is 21.8. The number of thiophene rings is 1. The Labute approximate surface area is 182 Å². The normalized spacial score (nSPS) is 11.7. The Hall–Kier alpha value is -3.78. The molecule has 0 N–H and O–H groups in total. The molecule has 0 fully saturated rings. The predicted octanol–water partition coefficient (Wildman–Crippen LogP) is 5.31. The summed E-state index contributed by atoms with van der Waals surface area (Å²) >= 11 is 1.49. The van der Waals surface area contributed by atoms with Gasteiger partial charge in [0.1, 0.15) is 5.75 Å². The number of hydrogen-bond donors (Lipinski definition) is 0. The molecule has 0 aliphatic heterocycles. The lowest BCUT2D eigenvalue weighted by atomic mass is 10.0. The summed E-state index contributed by atoms with van der Waals surface area (Å²) in [5.41, 5.74) is 2.25. The van der Waals surface area contributed by atoms with Crippen molar-refractivity contribution in [2.45, 2.75) is 20.0 Å². The topological polar surface area (TPSA) is 91.5 Å². The first-order chi connectivity index (χ1) is 15.0. The number of carbonyl (C=O) groups is 2. The summed E-state index contributed by atoms with van der Waals surface area (Å²) < 4.78 is 16.1. The Morgan fingerprint density at radius 2 is 1.65 bits per heavy atom. The predicted molar refractivity (Wildman–Crippen MR) is 115 cm³/mol. The average Bonchev–Trinajstić information content (AvgIpc) is 3.46. The van der Waals surface area contributed by atoms with Crippen LogP contribution in [0.4, 0.5) is 0 Å². The smallest absolute Gasteiger partial charge is 0.338 e. The second-order valence-electron chi connectivity index (χ2n) is 6.67. The van der Waals surface area contributed by atoms with E-state index in [-0.39, 0.29) is 11.9 Å². The first-order valence-electron chi connectivity index (χ1n) is 9.47. The van der Waals surface area contributed by atoms with Gasteiger partial charge in [-0.15, -0.1) is 21.5 Å². The van der Waals surface area contributed by atoms with Crippen molar-refractivity contribution in [1.29, 1.82) is 0 Å². The van der Waals surface area contributed by atoms with Crippen molar-refractivity contribution >= 4 is 23.3 Å². The Kier molecular flexibility index (Phi) is 5.90. The van der Waals surface area contributed by atoms with Crippen LogP contribution in [0.3, 0.4) is 0 Å². The van der Waals surface area contributed by atoms with Crippen molar-refractivity contribution in [3.8, 4) is 27.6 Å². The van der Waals surface area contributed by atoms with Gasteiger partial charge in [0.15, 0.2) is 6.10 Å². The van der Waals surface area contributed by atoms with Gasteiger partial charge in [-0.3, -0.25) is 4.79 Å².